The number of rotatable bonds is 4. The van der Waals surface area contributed by atoms with E-state index in [9.17, 15) is 8.42 Å². The summed E-state index contributed by atoms with van der Waals surface area (Å²) < 4.78 is 25.8. The van der Waals surface area contributed by atoms with Crippen molar-refractivity contribution in [2.45, 2.75) is 0 Å². The molecule has 0 aromatic rings. The summed E-state index contributed by atoms with van der Waals surface area (Å²) in [5, 5.41) is 0. The second kappa shape index (κ2) is 7.77. The van der Waals surface area contributed by atoms with Crippen LogP contribution in [0.15, 0.2) is 4.99 Å². The lowest BCUT2D eigenvalue weighted by molar-refractivity contribution is 0.443. The predicted octanol–water partition coefficient (Wildman–Crippen LogP) is -0.271. The lowest BCUT2D eigenvalue weighted by Gasteiger charge is -2.27. The first-order valence-electron chi connectivity index (χ1n) is 6.78. The Hall–Kier alpha value is -0.120. The number of nitrogens with two attached hydrogens (primary N) is 1. The topological polar surface area (TPSA) is 79.0 Å². The van der Waals surface area contributed by atoms with E-state index >= 15 is 0 Å². The molecule has 2 rings (SSSR count). The number of aliphatic imine (C=N–C) groups is 1. The zero-order valence-electron chi connectivity index (χ0n) is 11.5. The van der Waals surface area contributed by atoms with E-state index in [1.165, 1.54) is 0 Å². The molecule has 0 bridgehead atoms. The summed E-state index contributed by atoms with van der Waals surface area (Å²) in [6.07, 6.45) is 0. The van der Waals surface area contributed by atoms with Crippen LogP contribution >= 0.6 is 23.5 Å². The maximum atomic E-state index is 12.1. The van der Waals surface area contributed by atoms with Gasteiger partial charge in [-0.05, 0) is 0 Å². The van der Waals surface area contributed by atoms with Gasteiger partial charge in [-0.1, -0.05) is 0 Å². The van der Waals surface area contributed by atoms with Gasteiger partial charge < -0.3 is 10.6 Å². The fourth-order valence-corrected chi connectivity index (χ4v) is 5.48. The van der Waals surface area contributed by atoms with Gasteiger partial charge in [0.1, 0.15) is 0 Å². The molecule has 0 aliphatic carbocycles. The van der Waals surface area contributed by atoms with E-state index in [1.807, 2.05) is 16.7 Å². The van der Waals surface area contributed by atoms with Crippen LogP contribution in [0.1, 0.15) is 0 Å². The van der Waals surface area contributed by atoms with Gasteiger partial charge in [0.2, 0.25) is 10.0 Å². The minimum atomic E-state index is -3.17. The average molecular weight is 339 g/mol. The third-order valence-corrected chi connectivity index (χ3v) is 7.06. The summed E-state index contributed by atoms with van der Waals surface area (Å²) in [7, 11) is -3.17. The number of thioether (sulfide) groups is 2. The van der Waals surface area contributed by atoms with Crippen molar-refractivity contribution in [2.24, 2.45) is 10.7 Å². The normalized spacial score (nSPS) is 23.0. The second-order valence-corrected chi connectivity index (χ2v) is 9.20. The van der Waals surface area contributed by atoms with E-state index < -0.39 is 10.0 Å². The van der Waals surface area contributed by atoms with Crippen LogP contribution in [0.5, 0.6) is 0 Å². The molecular formula is C11H22N4O2S3. The molecule has 9 heteroatoms. The maximum absolute atomic E-state index is 12.1. The third kappa shape index (κ3) is 4.71. The smallest absolute Gasteiger partial charge is 0.215 e. The minimum absolute atomic E-state index is 0.0565. The zero-order valence-corrected chi connectivity index (χ0v) is 14.0. The fourth-order valence-electron chi connectivity index (χ4n) is 2.12. The van der Waals surface area contributed by atoms with Gasteiger partial charge in [0.25, 0.3) is 0 Å². The van der Waals surface area contributed by atoms with Gasteiger partial charge in [-0.15, -0.1) is 0 Å². The number of guanidine groups is 1. The van der Waals surface area contributed by atoms with Crippen LogP contribution in [0.4, 0.5) is 0 Å². The van der Waals surface area contributed by atoms with Crippen LogP contribution in [0, 0.1) is 0 Å². The Kier molecular flexibility index (Phi) is 6.31. The Bertz CT molecular complexity index is 429. The predicted molar refractivity (Wildman–Crippen MR) is 88.1 cm³/mol. The van der Waals surface area contributed by atoms with Gasteiger partial charge >= 0.3 is 0 Å². The van der Waals surface area contributed by atoms with Crippen LogP contribution in [-0.4, -0.2) is 85.1 Å². The molecule has 0 saturated carbocycles. The molecule has 2 aliphatic rings. The highest BCUT2D eigenvalue weighted by atomic mass is 32.2. The van der Waals surface area contributed by atoms with Crippen LogP contribution < -0.4 is 5.73 Å². The third-order valence-electron chi connectivity index (χ3n) is 3.32. The van der Waals surface area contributed by atoms with Gasteiger partial charge in [0.15, 0.2) is 5.96 Å². The zero-order chi connectivity index (χ0) is 14.4. The van der Waals surface area contributed by atoms with Crippen molar-refractivity contribution in [3.63, 3.8) is 0 Å². The molecule has 0 amide bonds. The molecule has 2 fully saturated rings. The summed E-state index contributed by atoms with van der Waals surface area (Å²) in [6, 6.07) is 0. The van der Waals surface area contributed by atoms with Gasteiger partial charge in [0, 0.05) is 49.2 Å². The number of hydrogen-bond acceptors (Lipinski definition) is 5. The van der Waals surface area contributed by atoms with E-state index in [2.05, 4.69) is 4.99 Å². The summed E-state index contributed by atoms with van der Waals surface area (Å²) in [5.41, 5.74) is 5.91. The Morgan fingerprint density at radius 3 is 2.20 bits per heavy atom. The number of sulfonamides is 1. The molecule has 2 aliphatic heterocycles. The molecule has 0 radical (unpaired) electrons. The number of hydrogen-bond donors (Lipinski definition) is 1. The van der Waals surface area contributed by atoms with E-state index in [0.29, 0.717) is 19.0 Å². The van der Waals surface area contributed by atoms with Crippen molar-refractivity contribution in [1.29, 1.82) is 0 Å². The van der Waals surface area contributed by atoms with Crippen molar-refractivity contribution >= 4 is 39.5 Å². The van der Waals surface area contributed by atoms with Crippen molar-refractivity contribution in [3.05, 3.63) is 0 Å². The summed E-state index contributed by atoms with van der Waals surface area (Å²) in [4.78, 5) is 6.26. The first-order chi connectivity index (χ1) is 9.59. The van der Waals surface area contributed by atoms with E-state index in [4.69, 9.17) is 5.73 Å². The molecule has 0 unspecified atom stereocenters. The molecular weight excluding hydrogens is 316 g/mol. The Balaban J connectivity index is 1.81. The maximum Gasteiger partial charge on any atom is 0.215 e. The van der Waals surface area contributed by atoms with E-state index in [1.54, 1.807) is 16.1 Å². The Morgan fingerprint density at radius 2 is 1.60 bits per heavy atom. The van der Waals surface area contributed by atoms with Crippen LogP contribution in [0.25, 0.3) is 0 Å². The van der Waals surface area contributed by atoms with Crippen molar-refractivity contribution in [2.75, 3.05) is 61.5 Å². The SMILES string of the molecule is NC(=NCCS(=O)(=O)N1CCSCC1)N1CCSCC1. The number of nitrogens with zero attached hydrogens (tertiary/aromatic N) is 3. The van der Waals surface area contributed by atoms with Crippen molar-refractivity contribution < 1.29 is 8.42 Å². The fraction of sp³-hybridized carbons (Fsp3) is 0.909. The highest BCUT2D eigenvalue weighted by molar-refractivity contribution is 7.99. The molecule has 116 valence electrons. The Morgan fingerprint density at radius 1 is 1.05 bits per heavy atom. The molecule has 0 aromatic carbocycles. The standard InChI is InChI=1S/C11H22N4O2S3/c12-11(14-2-6-18-7-3-14)13-1-10-20(16,17)15-4-8-19-9-5-15/h1-10H2,(H2,12,13). The lowest BCUT2D eigenvalue weighted by Crippen LogP contribution is -2.43. The molecule has 0 spiro atoms. The highest BCUT2D eigenvalue weighted by Gasteiger charge is 2.23. The van der Waals surface area contributed by atoms with Crippen molar-refractivity contribution in [1.82, 2.24) is 9.21 Å². The minimum Gasteiger partial charge on any atom is -0.370 e. The van der Waals surface area contributed by atoms with Gasteiger partial charge in [-0.3, -0.25) is 4.99 Å². The van der Waals surface area contributed by atoms with Crippen molar-refractivity contribution in [3.8, 4) is 0 Å². The van der Waals surface area contributed by atoms with E-state index in [0.717, 1.165) is 36.1 Å². The van der Waals surface area contributed by atoms with E-state index in [-0.39, 0.29) is 12.3 Å². The molecule has 2 N–H and O–H groups in total. The van der Waals surface area contributed by atoms with Crippen LogP contribution in [0.2, 0.25) is 0 Å². The Labute approximate surface area is 129 Å². The average Bonchev–Trinajstić information content (AvgIpc) is 2.49. The lowest BCUT2D eigenvalue weighted by atomic mass is 10.5. The molecule has 6 nitrogen and oxygen atoms in total. The summed E-state index contributed by atoms with van der Waals surface area (Å²) in [5.74, 6) is 4.42. The first kappa shape index (κ1) is 16.3. The molecule has 20 heavy (non-hydrogen) atoms. The highest BCUT2D eigenvalue weighted by Crippen LogP contribution is 2.13. The van der Waals surface area contributed by atoms with Crippen LogP contribution in [0.3, 0.4) is 0 Å². The van der Waals surface area contributed by atoms with Gasteiger partial charge in [-0.2, -0.15) is 23.5 Å². The van der Waals surface area contributed by atoms with Gasteiger partial charge in [-0.25, -0.2) is 12.7 Å². The molecule has 2 heterocycles. The monoisotopic (exact) mass is 338 g/mol. The van der Waals surface area contributed by atoms with Gasteiger partial charge in [0.05, 0.1) is 12.3 Å². The quantitative estimate of drug-likeness (QED) is 0.561. The first-order valence-corrected chi connectivity index (χ1v) is 10.7. The largest absolute Gasteiger partial charge is 0.370 e. The second-order valence-electron chi connectivity index (χ2n) is 4.67. The summed E-state index contributed by atoms with van der Waals surface area (Å²) in [6.45, 7) is 3.29. The molecule has 2 saturated heterocycles. The van der Waals surface area contributed by atoms with Crippen LogP contribution in [-0.2, 0) is 10.0 Å². The molecule has 0 aromatic heterocycles. The molecule has 0 atom stereocenters. The summed E-state index contributed by atoms with van der Waals surface area (Å²) >= 11 is 3.71.